The minimum atomic E-state index is -0.292. The van der Waals surface area contributed by atoms with E-state index < -0.39 is 0 Å². The Morgan fingerprint density at radius 2 is 2.31 bits per heavy atom. The number of benzene rings is 1. The fraction of sp³-hybridized carbons (Fsp3) is 0.231. The number of hydrogen-bond acceptors (Lipinski definition) is 2. The maximum atomic E-state index is 13.0. The van der Waals surface area contributed by atoms with E-state index in [-0.39, 0.29) is 5.82 Å². The van der Waals surface area contributed by atoms with E-state index in [1.807, 2.05) is 13.8 Å². The Kier molecular flexibility index (Phi) is 2.95. The van der Waals surface area contributed by atoms with Crippen LogP contribution in [0.15, 0.2) is 35.1 Å². The zero-order valence-electron chi connectivity index (χ0n) is 9.29. The van der Waals surface area contributed by atoms with Crippen LogP contribution in [0.4, 0.5) is 4.39 Å². The Morgan fingerprint density at radius 3 is 3.06 bits per heavy atom. The number of allylic oxidation sites excluding steroid dienone is 1. The van der Waals surface area contributed by atoms with E-state index in [2.05, 4.69) is 0 Å². The Morgan fingerprint density at radius 1 is 1.50 bits per heavy atom. The van der Waals surface area contributed by atoms with Crippen molar-refractivity contribution < 1.29 is 13.5 Å². The lowest BCUT2D eigenvalue weighted by Gasteiger charge is -1.99. The molecule has 0 fully saturated rings. The van der Waals surface area contributed by atoms with Crippen LogP contribution in [0.1, 0.15) is 19.4 Å². The summed E-state index contributed by atoms with van der Waals surface area (Å²) in [7, 11) is 0. The summed E-state index contributed by atoms with van der Waals surface area (Å²) in [6.45, 7) is 4.48. The molecule has 2 aromatic rings. The standard InChI is InChI=1S/C13H13FO2/c1-3-15-7-9(2)12-8-16-13-6-10(14)4-5-11(12)13/h4-8H,3H2,1-2H3/b9-7+. The molecule has 16 heavy (non-hydrogen) atoms. The van der Waals surface area contributed by atoms with Crippen molar-refractivity contribution in [2.24, 2.45) is 0 Å². The second-order valence-electron chi connectivity index (χ2n) is 3.55. The number of halogens is 1. The largest absolute Gasteiger partial charge is 0.501 e. The average Bonchev–Trinajstić information content (AvgIpc) is 2.68. The lowest BCUT2D eigenvalue weighted by Crippen LogP contribution is -1.82. The minimum absolute atomic E-state index is 0.292. The Bertz CT molecular complexity index is 526. The zero-order valence-corrected chi connectivity index (χ0v) is 9.29. The van der Waals surface area contributed by atoms with Gasteiger partial charge in [0.05, 0.1) is 19.1 Å². The molecule has 1 aromatic heterocycles. The van der Waals surface area contributed by atoms with Gasteiger partial charge in [0.25, 0.3) is 0 Å². The van der Waals surface area contributed by atoms with Gasteiger partial charge in [0.15, 0.2) is 0 Å². The average molecular weight is 220 g/mol. The summed E-state index contributed by atoms with van der Waals surface area (Å²) in [5, 5.41) is 0.898. The summed E-state index contributed by atoms with van der Waals surface area (Å²) in [6.07, 6.45) is 3.31. The highest BCUT2D eigenvalue weighted by Crippen LogP contribution is 2.27. The highest BCUT2D eigenvalue weighted by atomic mass is 19.1. The van der Waals surface area contributed by atoms with Crippen LogP contribution < -0.4 is 0 Å². The van der Waals surface area contributed by atoms with Crippen LogP contribution >= 0.6 is 0 Å². The first kappa shape index (κ1) is 10.7. The van der Waals surface area contributed by atoms with Gasteiger partial charge in [-0.3, -0.25) is 0 Å². The molecular formula is C13H13FO2. The van der Waals surface area contributed by atoms with Crippen molar-refractivity contribution in [3.8, 4) is 0 Å². The molecule has 0 aliphatic heterocycles. The van der Waals surface area contributed by atoms with Crippen molar-refractivity contribution in [3.63, 3.8) is 0 Å². The van der Waals surface area contributed by atoms with Gasteiger partial charge >= 0.3 is 0 Å². The Hall–Kier alpha value is -1.77. The number of ether oxygens (including phenoxy) is 1. The van der Waals surface area contributed by atoms with Crippen LogP contribution in [0.25, 0.3) is 16.5 Å². The van der Waals surface area contributed by atoms with Gasteiger partial charge in [-0.25, -0.2) is 4.39 Å². The van der Waals surface area contributed by atoms with Gasteiger partial charge in [-0.15, -0.1) is 0 Å². The number of rotatable bonds is 3. The van der Waals surface area contributed by atoms with Crippen LogP contribution in [0, 0.1) is 5.82 Å². The topological polar surface area (TPSA) is 22.4 Å². The van der Waals surface area contributed by atoms with Crippen LogP contribution in [-0.2, 0) is 4.74 Å². The Balaban J connectivity index is 2.46. The lowest BCUT2D eigenvalue weighted by atomic mass is 10.1. The van der Waals surface area contributed by atoms with Gasteiger partial charge in [-0.05, 0) is 31.6 Å². The van der Waals surface area contributed by atoms with Crippen molar-refractivity contribution in [2.75, 3.05) is 6.61 Å². The maximum absolute atomic E-state index is 13.0. The third-order valence-electron chi connectivity index (χ3n) is 2.39. The highest BCUT2D eigenvalue weighted by Gasteiger charge is 2.08. The van der Waals surface area contributed by atoms with E-state index in [4.69, 9.17) is 9.15 Å². The molecule has 0 N–H and O–H groups in total. The molecule has 0 saturated heterocycles. The maximum Gasteiger partial charge on any atom is 0.137 e. The van der Waals surface area contributed by atoms with E-state index >= 15 is 0 Å². The second-order valence-corrected chi connectivity index (χ2v) is 3.55. The summed E-state index contributed by atoms with van der Waals surface area (Å²) in [5.41, 5.74) is 2.45. The van der Waals surface area contributed by atoms with Crippen LogP contribution in [-0.4, -0.2) is 6.61 Å². The predicted octanol–water partition coefficient (Wildman–Crippen LogP) is 3.97. The van der Waals surface area contributed by atoms with Gasteiger partial charge in [0, 0.05) is 17.0 Å². The molecule has 2 nitrogen and oxygen atoms in total. The smallest absolute Gasteiger partial charge is 0.137 e. The van der Waals surface area contributed by atoms with Crippen molar-refractivity contribution in [1.82, 2.24) is 0 Å². The molecule has 0 spiro atoms. The third kappa shape index (κ3) is 1.94. The quantitative estimate of drug-likeness (QED) is 0.730. The first-order valence-electron chi connectivity index (χ1n) is 5.18. The molecule has 0 radical (unpaired) electrons. The fourth-order valence-corrected chi connectivity index (χ4v) is 1.58. The van der Waals surface area contributed by atoms with E-state index in [0.717, 1.165) is 16.5 Å². The van der Waals surface area contributed by atoms with Crippen molar-refractivity contribution in [1.29, 1.82) is 0 Å². The van der Waals surface area contributed by atoms with Gasteiger partial charge in [-0.2, -0.15) is 0 Å². The van der Waals surface area contributed by atoms with Crippen LogP contribution in [0.2, 0.25) is 0 Å². The molecule has 0 bridgehead atoms. The van der Waals surface area contributed by atoms with Gasteiger partial charge in [0.1, 0.15) is 11.4 Å². The number of fused-ring (bicyclic) bond motifs is 1. The summed E-state index contributed by atoms with van der Waals surface area (Å²) in [6, 6.07) is 4.52. The summed E-state index contributed by atoms with van der Waals surface area (Å²) in [4.78, 5) is 0. The molecule has 0 atom stereocenters. The molecule has 0 aliphatic carbocycles. The summed E-state index contributed by atoms with van der Waals surface area (Å²) in [5.74, 6) is -0.292. The van der Waals surface area contributed by atoms with Crippen molar-refractivity contribution >= 4 is 16.5 Å². The first-order valence-corrected chi connectivity index (χ1v) is 5.18. The molecular weight excluding hydrogens is 207 g/mol. The molecule has 0 saturated carbocycles. The molecule has 0 unspecified atom stereocenters. The molecule has 84 valence electrons. The third-order valence-corrected chi connectivity index (χ3v) is 2.39. The number of hydrogen-bond donors (Lipinski definition) is 0. The van der Waals surface area contributed by atoms with E-state index in [0.29, 0.717) is 12.2 Å². The molecule has 0 amide bonds. The monoisotopic (exact) mass is 220 g/mol. The molecule has 0 aliphatic rings. The fourth-order valence-electron chi connectivity index (χ4n) is 1.58. The van der Waals surface area contributed by atoms with Gasteiger partial charge in [0.2, 0.25) is 0 Å². The van der Waals surface area contributed by atoms with Crippen molar-refractivity contribution in [3.05, 3.63) is 42.1 Å². The van der Waals surface area contributed by atoms with Gasteiger partial charge in [-0.1, -0.05) is 0 Å². The first-order chi connectivity index (χ1) is 7.72. The van der Waals surface area contributed by atoms with E-state index in [1.54, 1.807) is 18.6 Å². The number of furan rings is 1. The normalized spacial score (nSPS) is 12.1. The van der Waals surface area contributed by atoms with Gasteiger partial charge < -0.3 is 9.15 Å². The summed E-state index contributed by atoms with van der Waals surface area (Å²) >= 11 is 0. The van der Waals surface area contributed by atoms with Crippen molar-refractivity contribution in [2.45, 2.75) is 13.8 Å². The second kappa shape index (κ2) is 4.39. The van der Waals surface area contributed by atoms with Crippen LogP contribution in [0.3, 0.4) is 0 Å². The zero-order chi connectivity index (χ0) is 11.5. The molecule has 1 aromatic carbocycles. The SMILES string of the molecule is CCO/C=C(\C)c1coc2cc(F)ccc12. The minimum Gasteiger partial charge on any atom is -0.501 e. The predicted molar refractivity (Wildman–Crippen MR) is 61.4 cm³/mol. The van der Waals surface area contributed by atoms with Crippen LogP contribution in [0.5, 0.6) is 0 Å². The van der Waals surface area contributed by atoms with E-state index in [1.165, 1.54) is 12.1 Å². The van der Waals surface area contributed by atoms with E-state index in [9.17, 15) is 4.39 Å². The molecule has 1 heterocycles. The summed E-state index contributed by atoms with van der Waals surface area (Å²) < 4.78 is 23.5. The highest BCUT2D eigenvalue weighted by molar-refractivity contribution is 5.90. The Labute approximate surface area is 93.3 Å². The molecule has 3 heteroatoms. The lowest BCUT2D eigenvalue weighted by molar-refractivity contribution is 0.270. The molecule has 2 rings (SSSR count).